The van der Waals surface area contributed by atoms with Gasteiger partial charge in [-0.15, -0.1) is 0 Å². The zero-order chi connectivity index (χ0) is 10.1. The summed E-state index contributed by atoms with van der Waals surface area (Å²) in [5.41, 5.74) is 13.6. The number of aromatic nitrogens is 1. The molecule has 0 aliphatic heterocycles. The van der Waals surface area contributed by atoms with Crippen LogP contribution in [0.5, 0.6) is 0 Å². The molecule has 14 heavy (non-hydrogen) atoms. The highest BCUT2D eigenvalue weighted by molar-refractivity contribution is 5.76. The van der Waals surface area contributed by atoms with Gasteiger partial charge in [0, 0.05) is 11.8 Å². The van der Waals surface area contributed by atoms with E-state index in [1.165, 1.54) is 0 Å². The van der Waals surface area contributed by atoms with Crippen LogP contribution in [0.3, 0.4) is 0 Å². The van der Waals surface area contributed by atoms with E-state index < -0.39 is 0 Å². The lowest BCUT2D eigenvalue weighted by atomic mass is 10.2. The van der Waals surface area contributed by atoms with Crippen LogP contribution < -0.4 is 11.5 Å². The first kappa shape index (κ1) is 9.02. The van der Waals surface area contributed by atoms with Gasteiger partial charge in [-0.2, -0.15) is 0 Å². The SMILES string of the molecule is CCC(N)c1nc2ccc(N)cc2o1. The minimum atomic E-state index is -0.136. The number of nitrogens with zero attached hydrogens (tertiary/aromatic N) is 1. The van der Waals surface area contributed by atoms with Crippen molar-refractivity contribution in [2.24, 2.45) is 5.73 Å². The fraction of sp³-hybridized carbons (Fsp3) is 0.300. The second-order valence-corrected chi connectivity index (χ2v) is 3.29. The number of anilines is 1. The van der Waals surface area contributed by atoms with Gasteiger partial charge in [-0.05, 0) is 18.6 Å². The first-order valence-corrected chi connectivity index (χ1v) is 4.62. The zero-order valence-corrected chi connectivity index (χ0v) is 8.03. The van der Waals surface area contributed by atoms with E-state index in [0.29, 0.717) is 17.2 Å². The Morgan fingerprint density at radius 3 is 3.00 bits per heavy atom. The average molecular weight is 191 g/mol. The summed E-state index contributed by atoms with van der Waals surface area (Å²) in [7, 11) is 0. The van der Waals surface area contributed by atoms with Crippen LogP contribution >= 0.6 is 0 Å². The number of hydrogen-bond acceptors (Lipinski definition) is 4. The van der Waals surface area contributed by atoms with E-state index in [1.54, 1.807) is 12.1 Å². The van der Waals surface area contributed by atoms with E-state index in [4.69, 9.17) is 15.9 Å². The first-order chi connectivity index (χ1) is 6.70. The molecule has 4 nitrogen and oxygen atoms in total. The number of nitrogens with two attached hydrogens (primary N) is 2. The van der Waals surface area contributed by atoms with E-state index in [1.807, 2.05) is 13.0 Å². The van der Waals surface area contributed by atoms with Gasteiger partial charge in [0.2, 0.25) is 5.89 Å². The monoisotopic (exact) mass is 191 g/mol. The van der Waals surface area contributed by atoms with Gasteiger partial charge in [-0.25, -0.2) is 4.98 Å². The Morgan fingerprint density at radius 2 is 2.29 bits per heavy atom. The van der Waals surface area contributed by atoms with Crippen molar-refractivity contribution in [2.75, 3.05) is 5.73 Å². The number of nitrogen functional groups attached to an aromatic ring is 1. The van der Waals surface area contributed by atoms with Gasteiger partial charge in [0.1, 0.15) is 5.52 Å². The van der Waals surface area contributed by atoms with Gasteiger partial charge in [-0.1, -0.05) is 6.92 Å². The van der Waals surface area contributed by atoms with Crippen LogP contribution in [-0.2, 0) is 0 Å². The molecule has 0 spiro atoms. The Kier molecular flexibility index (Phi) is 2.13. The lowest BCUT2D eigenvalue weighted by Crippen LogP contribution is -2.08. The zero-order valence-electron chi connectivity index (χ0n) is 8.03. The Hall–Kier alpha value is -1.55. The Morgan fingerprint density at radius 1 is 1.50 bits per heavy atom. The minimum absolute atomic E-state index is 0.136. The Labute approximate surface area is 81.9 Å². The van der Waals surface area contributed by atoms with Crippen LogP contribution in [0.25, 0.3) is 11.1 Å². The van der Waals surface area contributed by atoms with Gasteiger partial charge in [0.15, 0.2) is 5.58 Å². The second kappa shape index (κ2) is 3.31. The van der Waals surface area contributed by atoms with Crippen LogP contribution in [0, 0.1) is 0 Å². The summed E-state index contributed by atoms with van der Waals surface area (Å²) in [5, 5.41) is 0. The molecule has 2 rings (SSSR count). The Bertz CT molecular complexity index is 450. The smallest absolute Gasteiger partial charge is 0.212 e. The van der Waals surface area contributed by atoms with Crippen LogP contribution in [0.15, 0.2) is 22.6 Å². The molecule has 0 saturated carbocycles. The molecule has 0 bridgehead atoms. The summed E-state index contributed by atoms with van der Waals surface area (Å²) < 4.78 is 5.49. The predicted molar refractivity (Wildman–Crippen MR) is 55.6 cm³/mol. The maximum Gasteiger partial charge on any atom is 0.212 e. The number of rotatable bonds is 2. The minimum Gasteiger partial charge on any atom is -0.439 e. The molecule has 1 heterocycles. The quantitative estimate of drug-likeness (QED) is 0.710. The fourth-order valence-electron chi connectivity index (χ4n) is 1.29. The van der Waals surface area contributed by atoms with Crippen molar-refractivity contribution in [1.82, 2.24) is 4.98 Å². The van der Waals surface area contributed by atoms with E-state index in [2.05, 4.69) is 4.98 Å². The molecule has 74 valence electrons. The molecule has 1 unspecified atom stereocenters. The molecule has 4 heteroatoms. The molecular weight excluding hydrogens is 178 g/mol. The normalized spacial score (nSPS) is 13.3. The largest absolute Gasteiger partial charge is 0.439 e. The molecule has 4 N–H and O–H groups in total. The lowest BCUT2D eigenvalue weighted by molar-refractivity contribution is 0.469. The summed E-state index contributed by atoms with van der Waals surface area (Å²) in [6.07, 6.45) is 0.808. The molecular formula is C10H13N3O. The third kappa shape index (κ3) is 1.44. The number of fused-ring (bicyclic) bond motifs is 1. The van der Waals surface area contributed by atoms with Gasteiger partial charge in [-0.3, -0.25) is 0 Å². The standard InChI is InChI=1S/C10H13N3O/c1-2-7(12)10-13-8-4-3-6(11)5-9(8)14-10/h3-5,7H,2,11-12H2,1H3. The highest BCUT2D eigenvalue weighted by atomic mass is 16.3. The summed E-state index contributed by atoms with van der Waals surface area (Å²) >= 11 is 0. The third-order valence-electron chi connectivity index (χ3n) is 2.19. The fourth-order valence-corrected chi connectivity index (χ4v) is 1.29. The van der Waals surface area contributed by atoms with Crippen molar-refractivity contribution >= 4 is 16.8 Å². The topological polar surface area (TPSA) is 78.1 Å². The van der Waals surface area contributed by atoms with Gasteiger partial charge >= 0.3 is 0 Å². The molecule has 0 amide bonds. The average Bonchev–Trinajstić information content (AvgIpc) is 2.59. The van der Waals surface area contributed by atoms with Crippen LogP contribution in [-0.4, -0.2) is 4.98 Å². The summed E-state index contributed by atoms with van der Waals surface area (Å²) in [6, 6.07) is 5.25. The molecule has 0 aliphatic carbocycles. The van der Waals surface area contributed by atoms with Gasteiger partial charge in [0.25, 0.3) is 0 Å². The van der Waals surface area contributed by atoms with E-state index in [9.17, 15) is 0 Å². The number of hydrogen-bond donors (Lipinski definition) is 2. The molecule has 0 radical (unpaired) electrons. The molecule has 2 aromatic rings. The summed E-state index contributed by atoms with van der Waals surface area (Å²) in [6.45, 7) is 1.99. The Balaban J connectivity index is 2.51. The third-order valence-corrected chi connectivity index (χ3v) is 2.19. The van der Waals surface area contributed by atoms with Crippen LogP contribution in [0.1, 0.15) is 25.3 Å². The maximum absolute atomic E-state index is 5.81. The first-order valence-electron chi connectivity index (χ1n) is 4.62. The molecule has 1 atom stereocenters. The maximum atomic E-state index is 5.81. The highest BCUT2D eigenvalue weighted by Crippen LogP contribution is 2.22. The van der Waals surface area contributed by atoms with Crippen molar-refractivity contribution < 1.29 is 4.42 Å². The van der Waals surface area contributed by atoms with Crippen molar-refractivity contribution in [3.63, 3.8) is 0 Å². The van der Waals surface area contributed by atoms with Crippen LogP contribution in [0.2, 0.25) is 0 Å². The van der Waals surface area contributed by atoms with Crippen LogP contribution in [0.4, 0.5) is 5.69 Å². The van der Waals surface area contributed by atoms with Crippen molar-refractivity contribution in [1.29, 1.82) is 0 Å². The number of benzene rings is 1. The predicted octanol–water partition coefficient (Wildman–Crippen LogP) is 1.82. The van der Waals surface area contributed by atoms with Gasteiger partial charge in [0.05, 0.1) is 6.04 Å². The molecule has 0 fully saturated rings. The van der Waals surface area contributed by atoms with Gasteiger partial charge < -0.3 is 15.9 Å². The molecule has 0 aliphatic rings. The lowest BCUT2D eigenvalue weighted by Gasteiger charge is -2.00. The van der Waals surface area contributed by atoms with E-state index in [0.717, 1.165) is 11.9 Å². The number of oxazole rings is 1. The summed E-state index contributed by atoms with van der Waals surface area (Å²) in [4.78, 5) is 4.28. The van der Waals surface area contributed by atoms with E-state index >= 15 is 0 Å². The second-order valence-electron chi connectivity index (χ2n) is 3.29. The molecule has 1 aromatic carbocycles. The van der Waals surface area contributed by atoms with Crippen molar-refractivity contribution in [3.05, 3.63) is 24.1 Å². The van der Waals surface area contributed by atoms with Crippen molar-refractivity contribution in [2.45, 2.75) is 19.4 Å². The highest BCUT2D eigenvalue weighted by Gasteiger charge is 2.11. The van der Waals surface area contributed by atoms with E-state index in [-0.39, 0.29) is 6.04 Å². The van der Waals surface area contributed by atoms with Crippen molar-refractivity contribution in [3.8, 4) is 0 Å². The molecule has 0 saturated heterocycles. The summed E-state index contributed by atoms with van der Waals surface area (Å²) in [5.74, 6) is 0.577. The molecule has 1 aromatic heterocycles.